The number of aliphatic hydroxyl groups excluding tert-OH is 1. The Morgan fingerprint density at radius 3 is 2.50 bits per heavy atom. The minimum atomic E-state index is -0.237. The zero-order valence-electron chi connectivity index (χ0n) is 8.74. The summed E-state index contributed by atoms with van der Waals surface area (Å²) in [6.45, 7) is 2.08. The van der Waals surface area contributed by atoms with E-state index in [1.165, 1.54) is 31.2 Å². The lowest BCUT2D eigenvalue weighted by Crippen LogP contribution is -2.10. The first kappa shape index (κ1) is 9.72. The molecule has 1 aromatic carbocycles. The second-order valence-electron chi connectivity index (χ2n) is 4.35. The van der Waals surface area contributed by atoms with Gasteiger partial charge in [-0.25, -0.2) is 0 Å². The molecule has 0 amide bonds. The van der Waals surface area contributed by atoms with Crippen molar-refractivity contribution in [1.29, 1.82) is 0 Å². The van der Waals surface area contributed by atoms with Crippen LogP contribution in [0.15, 0.2) is 24.3 Å². The van der Waals surface area contributed by atoms with Crippen molar-refractivity contribution in [1.82, 2.24) is 0 Å². The molecular formula is C13H18O. The Bertz CT molecular complexity index is 300. The number of hydrogen-bond acceptors (Lipinski definition) is 1. The van der Waals surface area contributed by atoms with Crippen molar-refractivity contribution in [3.05, 3.63) is 35.4 Å². The molecule has 2 rings (SSSR count). The number of benzene rings is 1. The van der Waals surface area contributed by atoms with Crippen molar-refractivity contribution in [2.75, 3.05) is 0 Å². The maximum atomic E-state index is 10.2. The van der Waals surface area contributed by atoms with E-state index in [0.717, 1.165) is 5.56 Å². The molecule has 14 heavy (non-hydrogen) atoms. The van der Waals surface area contributed by atoms with Gasteiger partial charge in [-0.1, -0.05) is 37.1 Å². The molecule has 1 nitrogen and oxygen atoms in total. The van der Waals surface area contributed by atoms with E-state index in [-0.39, 0.29) is 6.10 Å². The number of hydrogen-bond donors (Lipinski definition) is 1. The monoisotopic (exact) mass is 190 g/mol. The molecule has 0 saturated heterocycles. The number of aryl methyl sites for hydroxylation is 1. The van der Waals surface area contributed by atoms with E-state index in [0.29, 0.717) is 5.92 Å². The highest BCUT2D eigenvalue weighted by molar-refractivity contribution is 5.28. The van der Waals surface area contributed by atoms with Crippen LogP contribution in [0, 0.1) is 12.8 Å². The molecule has 1 aromatic rings. The Morgan fingerprint density at radius 1 is 1.21 bits per heavy atom. The summed E-state index contributed by atoms with van der Waals surface area (Å²) in [6, 6.07) is 8.17. The molecule has 0 spiro atoms. The fraction of sp³-hybridized carbons (Fsp3) is 0.538. The van der Waals surface area contributed by atoms with Gasteiger partial charge in [0.15, 0.2) is 0 Å². The predicted molar refractivity (Wildman–Crippen MR) is 58.1 cm³/mol. The summed E-state index contributed by atoms with van der Waals surface area (Å²) >= 11 is 0. The summed E-state index contributed by atoms with van der Waals surface area (Å²) < 4.78 is 0. The Balaban J connectivity index is 2.17. The van der Waals surface area contributed by atoms with E-state index in [4.69, 9.17) is 0 Å². The van der Waals surface area contributed by atoms with Crippen LogP contribution in [0.25, 0.3) is 0 Å². The van der Waals surface area contributed by atoms with Crippen LogP contribution in [0.5, 0.6) is 0 Å². The quantitative estimate of drug-likeness (QED) is 0.759. The molecule has 0 aromatic heterocycles. The largest absolute Gasteiger partial charge is 0.388 e. The highest BCUT2D eigenvalue weighted by atomic mass is 16.3. The van der Waals surface area contributed by atoms with Crippen molar-refractivity contribution in [3.63, 3.8) is 0 Å². The molecule has 1 aliphatic rings. The van der Waals surface area contributed by atoms with Gasteiger partial charge in [-0.3, -0.25) is 0 Å². The van der Waals surface area contributed by atoms with Gasteiger partial charge in [0.25, 0.3) is 0 Å². The Hall–Kier alpha value is -0.820. The van der Waals surface area contributed by atoms with Crippen molar-refractivity contribution in [2.45, 2.75) is 38.7 Å². The molecule has 1 fully saturated rings. The Kier molecular flexibility index (Phi) is 2.87. The maximum Gasteiger partial charge on any atom is 0.0820 e. The zero-order valence-corrected chi connectivity index (χ0v) is 8.74. The Morgan fingerprint density at radius 2 is 1.86 bits per heavy atom. The molecule has 0 bridgehead atoms. The second-order valence-corrected chi connectivity index (χ2v) is 4.35. The first-order valence-corrected chi connectivity index (χ1v) is 5.52. The van der Waals surface area contributed by atoms with Gasteiger partial charge in [0.2, 0.25) is 0 Å². The SMILES string of the molecule is Cc1ccccc1[C@H](O)C1CCCC1. The first-order valence-electron chi connectivity index (χ1n) is 5.52. The zero-order chi connectivity index (χ0) is 9.97. The topological polar surface area (TPSA) is 20.2 Å². The lowest BCUT2D eigenvalue weighted by atomic mass is 9.92. The molecular weight excluding hydrogens is 172 g/mol. The standard InChI is InChI=1S/C13H18O/c1-10-6-2-5-9-12(10)13(14)11-7-3-4-8-11/h2,5-6,9,11,13-14H,3-4,7-8H2,1H3/t13-/m1/s1. The van der Waals surface area contributed by atoms with Crippen LogP contribution in [0.3, 0.4) is 0 Å². The summed E-state index contributed by atoms with van der Waals surface area (Å²) in [5, 5.41) is 10.2. The average molecular weight is 190 g/mol. The molecule has 1 heteroatoms. The van der Waals surface area contributed by atoms with Crippen LogP contribution in [-0.4, -0.2) is 5.11 Å². The fourth-order valence-electron chi connectivity index (χ4n) is 2.45. The van der Waals surface area contributed by atoms with E-state index in [9.17, 15) is 5.11 Å². The summed E-state index contributed by atoms with van der Waals surface area (Å²) in [6.07, 6.45) is 4.71. The molecule has 1 N–H and O–H groups in total. The van der Waals surface area contributed by atoms with E-state index < -0.39 is 0 Å². The van der Waals surface area contributed by atoms with Crippen molar-refractivity contribution in [3.8, 4) is 0 Å². The third-order valence-electron chi connectivity index (χ3n) is 3.35. The lowest BCUT2D eigenvalue weighted by molar-refractivity contribution is 0.111. The van der Waals surface area contributed by atoms with Crippen molar-refractivity contribution >= 4 is 0 Å². The third kappa shape index (κ3) is 1.83. The minimum Gasteiger partial charge on any atom is -0.388 e. The molecule has 1 saturated carbocycles. The van der Waals surface area contributed by atoms with Crippen LogP contribution in [0.1, 0.15) is 42.9 Å². The van der Waals surface area contributed by atoms with E-state index in [2.05, 4.69) is 19.1 Å². The average Bonchev–Trinajstić information content (AvgIpc) is 2.70. The summed E-state index contributed by atoms with van der Waals surface area (Å²) in [5.41, 5.74) is 2.34. The van der Waals surface area contributed by atoms with Crippen molar-refractivity contribution in [2.24, 2.45) is 5.92 Å². The fourth-order valence-corrected chi connectivity index (χ4v) is 2.45. The molecule has 76 valence electrons. The van der Waals surface area contributed by atoms with E-state index in [1.807, 2.05) is 12.1 Å². The Labute approximate surface area is 85.8 Å². The van der Waals surface area contributed by atoms with Gasteiger partial charge in [0.05, 0.1) is 6.10 Å². The molecule has 1 aliphatic carbocycles. The molecule has 0 heterocycles. The second kappa shape index (κ2) is 4.14. The van der Waals surface area contributed by atoms with Gasteiger partial charge in [0, 0.05) is 0 Å². The molecule has 0 unspecified atom stereocenters. The van der Waals surface area contributed by atoms with Gasteiger partial charge in [0.1, 0.15) is 0 Å². The van der Waals surface area contributed by atoms with Crippen LogP contribution in [0.2, 0.25) is 0 Å². The van der Waals surface area contributed by atoms with Crippen molar-refractivity contribution < 1.29 is 5.11 Å². The van der Waals surface area contributed by atoms with Gasteiger partial charge < -0.3 is 5.11 Å². The highest BCUT2D eigenvalue weighted by Crippen LogP contribution is 2.36. The third-order valence-corrected chi connectivity index (χ3v) is 3.35. The van der Waals surface area contributed by atoms with Gasteiger partial charge in [-0.2, -0.15) is 0 Å². The molecule has 0 radical (unpaired) electrons. The molecule has 1 atom stereocenters. The number of aliphatic hydroxyl groups is 1. The van der Waals surface area contributed by atoms with Crippen LogP contribution in [0.4, 0.5) is 0 Å². The van der Waals surface area contributed by atoms with Crippen LogP contribution >= 0.6 is 0 Å². The highest BCUT2D eigenvalue weighted by Gasteiger charge is 2.24. The first-order chi connectivity index (χ1) is 6.79. The summed E-state index contributed by atoms with van der Waals surface area (Å²) in [5.74, 6) is 0.496. The van der Waals surface area contributed by atoms with Gasteiger partial charge >= 0.3 is 0 Å². The van der Waals surface area contributed by atoms with E-state index >= 15 is 0 Å². The summed E-state index contributed by atoms with van der Waals surface area (Å²) in [7, 11) is 0. The lowest BCUT2D eigenvalue weighted by Gasteiger charge is -2.19. The predicted octanol–water partition coefficient (Wildman–Crippen LogP) is 3.22. The number of rotatable bonds is 2. The smallest absolute Gasteiger partial charge is 0.0820 e. The van der Waals surface area contributed by atoms with Gasteiger partial charge in [-0.15, -0.1) is 0 Å². The maximum absolute atomic E-state index is 10.2. The molecule has 0 aliphatic heterocycles. The van der Waals surface area contributed by atoms with Gasteiger partial charge in [-0.05, 0) is 36.8 Å². The minimum absolute atomic E-state index is 0.237. The van der Waals surface area contributed by atoms with E-state index in [1.54, 1.807) is 0 Å². The van der Waals surface area contributed by atoms with Crippen LogP contribution in [-0.2, 0) is 0 Å². The summed E-state index contributed by atoms with van der Waals surface area (Å²) in [4.78, 5) is 0. The normalized spacial score (nSPS) is 19.9. The van der Waals surface area contributed by atoms with Crippen LogP contribution < -0.4 is 0 Å².